The Kier molecular flexibility index (Phi) is 3.20. The highest BCUT2D eigenvalue weighted by Crippen LogP contribution is 2.57. The molecule has 2 amide bonds. The molecule has 0 spiro atoms. The highest BCUT2D eigenvalue weighted by molar-refractivity contribution is 6.25. The van der Waals surface area contributed by atoms with E-state index in [2.05, 4.69) is 0 Å². The fourth-order valence-corrected chi connectivity index (χ4v) is 4.23. The first-order valence-corrected chi connectivity index (χ1v) is 7.95. The maximum absolute atomic E-state index is 13.1. The highest BCUT2D eigenvalue weighted by atomic mass is 16.5. The zero-order valence-electron chi connectivity index (χ0n) is 13.8. The van der Waals surface area contributed by atoms with Gasteiger partial charge in [-0.3, -0.25) is 9.59 Å². The van der Waals surface area contributed by atoms with E-state index in [1.165, 1.54) is 19.2 Å². The van der Waals surface area contributed by atoms with Crippen LogP contribution >= 0.6 is 0 Å². The standard InChI is InChI=1S/C18H17NO6/c1-17-7-8-18(9-20,25-17)13-12(17)14(21)19(15(13)22)11-6-4-3-5-10(11)16(23)24-2/h3-8,12-13,20H,9H2,1-2H3/t12-,13+,17-,18+/m1/s1. The number of amides is 2. The van der Waals surface area contributed by atoms with E-state index in [0.29, 0.717) is 0 Å². The van der Waals surface area contributed by atoms with Crippen LogP contribution in [0.5, 0.6) is 0 Å². The van der Waals surface area contributed by atoms with Gasteiger partial charge in [0.05, 0.1) is 42.4 Å². The van der Waals surface area contributed by atoms with E-state index in [1.807, 2.05) is 0 Å². The van der Waals surface area contributed by atoms with Crippen molar-refractivity contribution in [3.8, 4) is 0 Å². The lowest BCUT2D eigenvalue weighted by Crippen LogP contribution is -2.43. The number of aliphatic hydroxyl groups excluding tert-OH is 1. The first kappa shape index (κ1) is 16.0. The van der Waals surface area contributed by atoms with Crippen molar-refractivity contribution in [1.82, 2.24) is 0 Å². The van der Waals surface area contributed by atoms with Crippen molar-refractivity contribution in [1.29, 1.82) is 0 Å². The summed E-state index contributed by atoms with van der Waals surface area (Å²) in [7, 11) is 1.24. The second-order valence-corrected chi connectivity index (χ2v) is 6.71. The first-order valence-electron chi connectivity index (χ1n) is 7.95. The maximum Gasteiger partial charge on any atom is 0.339 e. The summed E-state index contributed by atoms with van der Waals surface area (Å²) in [6, 6.07) is 6.31. The molecule has 3 heterocycles. The molecule has 2 saturated heterocycles. The van der Waals surface area contributed by atoms with Gasteiger partial charge in [0.2, 0.25) is 11.8 Å². The summed E-state index contributed by atoms with van der Waals surface area (Å²) < 4.78 is 10.6. The molecule has 3 aliphatic heterocycles. The third-order valence-electron chi connectivity index (χ3n) is 5.35. The van der Waals surface area contributed by atoms with E-state index in [9.17, 15) is 19.5 Å². The predicted molar refractivity (Wildman–Crippen MR) is 85.7 cm³/mol. The molecule has 7 heteroatoms. The number of fused-ring (bicyclic) bond motifs is 5. The van der Waals surface area contributed by atoms with E-state index >= 15 is 0 Å². The Labute approximate surface area is 143 Å². The number of carbonyl (C=O) groups is 3. The fourth-order valence-electron chi connectivity index (χ4n) is 4.23. The van der Waals surface area contributed by atoms with Crippen LogP contribution in [0.15, 0.2) is 36.4 Å². The van der Waals surface area contributed by atoms with Crippen LogP contribution in [0.4, 0.5) is 5.69 Å². The van der Waals surface area contributed by atoms with Gasteiger partial charge in [-0.25, -0.2) is 9.69 Å². The molecule has 0 unspecified atom stereocenters. The predicted octanol–water partition coefficient (Wildman–Crippen LogP) is 0.669. The molecular weight excluding hydrogens is 326 g/mol. The van der Waals surface area contributed by atoms with Gasteiger partial charge >= 0.3 is 5.97 Å². The number of hydrogen-bond donors (Lipinski definition) is 1. The number of rotatable bonds is 3. The van der Waals surface area contributed by atoms with Gasteiger partial charge in [0.1, 0.15) is 5.60 Å². The number of nitrogens with zero attached hydrogens (tertiary/aromatic N) is 1. The zero-order valence-corrected chi connectivity index (χ0v) is 13.8. The molecule has 1 N–H and O–H groups in total. The minimum Gasteiger partial charge on any atom is -0.465 e. The summed E-state index contributed by atoms with van der Waals surface area (Å²) in [5, 5.41) is 9.81. The third kappa shape index (κ3) is 1.85. The van der Waals surface area contributed by atoms with Crippen molar-refractivity contribution in [2.24, 2.45) is 11.8 Å². The Morgan fingerprint density at radius 2 is 1.92 bits per heavy atom. The number of esters is 1. The zero-order chi connectivity index (χ0) is 18.0. The molecule has 4 rings (SSSR count). The number of hydrogen-bond acceptors (Lipinski definition) is 6. The lowest BCUT2D eigenvalue weighted by molar-refractivity contribution is -0.131. The van der Waals surface area contributed by atoms with Crippen LogP contribution < -0.4 is 4.90 Å². The fraction of sp³-hybridized carbons (Fsp3) is 0.389. The van der Waals surface area contributed by atoms with Crippen LogP contribution in [0.1, 0.15) is 17.3 Å². The topological polar surface area (TPSA) is 93.1 Å². The van der Waals surface area contributed by atoms with E-state index in [-0.39, 0.29) is 11.3 Å². The first-order chi connectivity index (χ1) is 11.9. The minimum atomic E-state index is -1.19. The van der Waals surface area contributed by atoms with Crippen molar-refractivity contribution in [3.63, 3.8) is 0 Å². The number of ether oxygens (including phenoxy) is 2. The van der Waals surface area contributed by atoms with Crippen LogP contribution in [0.3, 0.4) is 0 Å². The van der Waals surface area contributed by atoms with Crippen LogP contribution in [0.2, 0.25) is 0 Å². The number of carbonyl (C=O) groups excluding carboxylic acids is 3. The number of aliphatic hydroxyl groups is 1. The van der Waals surface area contributed by atoms with Gasteiger partial charge in [0, 0.05) is 0 Å². The molecular formula is C18H17NO6. The van der Waals surface area contributed by atoms with E-state index in [4.69, 9.17) is 9.47 Å². The normalized spacial score (nSPS) is 35.4. The van der Waals surface area contributed by atoms with E-state index in [1.54, 1.807) is 31.2 Å². The smallest absolute Gasteiger partial charge is 0.339 e. The Balaban J connectivity index is 1.83. The molecule has 130 valence electrons. The Bertz CT molecular complexity index is 833. The van der Waals surface area contributed by atoms with Gasteiger partial charge in [0.15, 0.2) is 0 Å². The van der Waals surface area contributed by atoms with Crippen molar-refractivity contribution < 1.29 is 29.0 Å². The molecule has 3 aliphatic rings. The monoisotopic (exact) mass is 343 g/mol. The lowest BCUT2D eigenvalue weighted by atomic mass is 9.73. The van der Waals surface area contributed by atoms with Gasteiger partial charge in [-0.2, -0.15) is 0 Å². The summed E-state index contributed by atoms with van der Waals surface area (Å²) in [6.07, 6.45) is 3.39. The largest absolute Gasteiger partial charge is 0.465 e. The van der Waals surface area contributed by atoms with Crippen LogP contribution in [-0.4, -0.2) is 47.8 Å². The molecule has 1 aromatic rings. The molecule has 2 bridgehead atoms. The average Bonchev–Trinajstić information content (AvgIpc) is 3.20. The molecule has 2 fully saturated rings. The quantitative estimate of drug-likeness (QED) is 0.493. The molecule has 0 saturated carbocycles. The van der Waals surface area contributed by atoms with Crippen molar-refractivity contribution >= 4 is 23.5 Å². The molecule has 25 heavy (non-hydrogen) atoms. The van der Waals surface area contributed by atoms with Crippen LogP contribution in [0, 0.1) is 11.8 Å². The SMILES string of the molecule is COC(=O)c1ccccc1N1C(=O)[C@@H]2[C@H](C1=O)[C@@]1(C)C=C[C@@]2(CO)O1. The van der Waals surface area contributed by atoms with Gasteiger partial charge in [-0.15, -0.1) is 0 Å². The second kappa shape index (κ2) is 5.00. The number of methoxy groups -OCH3 is 1. The molecule has 7 nitrogen and oxygen atoms in total. The summed E-state index contributed by atoms with van der Waals surface area (Å²) >= 11 is 0. The summed E-state index contributed by atoms with van der Waals surface area (Å²) in [6.45, 7) is 1.33. The van der Waals surface area contributed by atoms with E-state index < -0.39 is 47.4 Å². The van der Waals surface area contributed by atoms with Crippen molar-refractivity contribution in [3.05, 3.63) is 42.0 Å². The Hall–Kier alpha value is -2.51. The van der Waals surface area contributed by atoms with Crippen LogP contribution in [0.25, 0.3) is 0 Å². The average molecular weight is 343 g/mol. The summed E-state index contributed by atoms with van der Waals surface area (Å²) in [4.78, 5) is 39.2. The number of benzene rings is 1. The molecule has 0 radical (unpaired) electrons. The number of para-hydroxylation sites is 1. The lowest BCUT2D eigenvalue weighted by Gasteiger charge is -2.27. The molecule has 1 aromatic carbocycles. The number of anilines is 1. The summed E-state index contributed by atoms with van der Waals surface area (Å²) in [5.74, 6) is -3.09. The molecule has 4 atom stereocenters. The minimum absolute atomic E-state index is 0.135. The van der Waals surface area contributed by atoms with Gasteiger partial charge in [-0.05, 0) is 19.1 Å². The van der Waals surface area contributed by atoms with Crippen molar-refractivity contribution in [2.75, 3.05) is 18.6 Å². The third-order valence-corrected chi connectivity index (χ3v) is 5.35. The van der Waals surface area contributed by atoms with Gasteiger partial charge in [-0.1, -0.05) is 24.3 Å². The highest BCUT2D eigenvalue weighted by Gasteiger charge is 2.72. The maximum atomic E-state index is 13.1. The Morgan fingerprint density at radius 3 is 2.60 bits per heavy atom. The van der Waals surface area contributed by atoms with E-state index in [0.717, 1.165) is 4.90 Å². The van der Waals surface area contributed by atoms with Gasteiger partial charge < -0.3 is 14.6 Å². The van der Waals surface area contributed by atoms with Crippen molar-refractivity contribution in [2.45, 2.75) is 18.1 Å². The number of imide groups is 1. The van der Waals surface area contributed by atoms with Gasteiger partial charge in [0.25, 0.3) is 0 Å². The van der Waals surface area contributed by atoms with Crippen LogP contribution in [-0.2, 0) is 19.1 Å². The second-order valence-electron chi connectivity index (χ2n) is 6.71. The summed E-state index contributed by atoms with van der Waals surface area (Å²) in [5.41, 5.74) is -1.82. The molecule has 0 aliphatic carbocycles. The molecule has 0 aromatic heterocycles. The Morgan fingerprint density at radius 1 is 1.24 bits per heavy atom.